The van der Waals surface area contributed by atoms with Gasteiger partial charge in [-0.1, -0.05) is 56.5 Å². The van der Waals surface area contributed by atoms with E-state index in [2.05, 4.69) is 15.7 Å². The molecule has 2 aromatic carbocycles. The van der Waals surface area contributed by atoms with Gasteiger partial charge in [0.25, 0.3) is 15.6 Å². The minimum absolute atomic E-state index is 0.00667. The number of aromatic nitrogens is 3. The number of hydrogen-bond acceptors (Lipinski definition) is 15. The van der Waals surface area contributed by atoms with Crippen LogP contribution in [0.2, 0.25) is 0 Å². The van der Waals surface area contributed by atoms with Crippen molar-refractivity contribution in [2.24, 2.45) is 11.8 Å². The van der Waals surface area contributed by atoms with Crippen molar-refractivity contribution in [2.45, 2.75) is 83.7 Å². The van der Waals surface area contributed by atoms with Crippen LogP contribution >= 0.6 is 0 Å². The Morgan fingerprint density at radius 1 is 0.895 bits per heavy atom. The highest BCUT2D eigenvalue weighted by Gasteiger charge is 2.44. The third-order valence-electron chi connectivity index (χ3n) is 9.66. The molecule has 1 aromatic heterocycles. The van der Waals surface area contributed by atoms with E-state index in [-0.39, 0.29) is 79.1 Å². The summed E-state index contributed by atoms with van der Waals surface area (Å²) >= 11 is 0. The zero-order chi connectivity index (χ0) is 41.5. The molecule has 314 valence electrons. The van der Waals surface area contributed by atoms with E-state index in [1.165, 1.54) is 38.1 Å². The SMILES string of the molecule is CC(=O)OCC1OC(OC(C)=O)C(OCCN(CCCCCCOS(=O)(=O)c2ccc(C)cc2)CC(=O)NCCNc2n[n+]([O-])c3ccccc3[n+]2[O-])[C@@H](C)[C@@H]1C. The lowest BCUT2D eigenvalue weighted by Gasteiger charge is -2.43. The summed E-state index contributed by atoms with van der Waals surface area (Å²) in [5.74, 6) is -1.75. The number of fused-ring (bicyclic) bond motifs is 1. The molecule has 0 spiro atoms. The third kappa shape index (κ3) is 13.7. The quantitative estimate of drug-likeness (QED) is 0.0487. The Morgan fingerprint density at radius 2 is 1.60 bits per heavy atom. The van der Waals surface area contributed by atoms with Gasteiger partial charge in [0.15, 0.2) is 5.52 Å². The second-order valence-corrected chi connectivity index (χ2v) is 15.7. The summed E-state index contributed by atoms with van der Waals surface area (Å²) in [6, 6.07) is 12.7. The van der Waals surface area contributed by atoms with Crippen molar-refractivity contribution < 1.29 is 55.5 Å². The van der Waals surface area contributed by atoms with Crippen LogP contribution in [0.3, 0.4) is 0 Å². The topological polar surface area (TPSA) is 226 Å². The number of unbranched alkanes of at least 4 members (excludes halogenated alkanes) is 3. The van der Waals surface area contributed by atoms with Gasteiger partial charge in [-0.05, 0) is 56.3 Å². The first-order valence-corrected chi connectivity index (χ1v) is 20.5. The number of esters is 2. The number of nitrogens with zero attached hydrogens (tertiary/aromatic N) is 4. The predicted octanol–water partition coefficient (Wildman–Crippen LogP) is 2.11. The molecule has 4 rings (SSSR count). The third-order valence-corrected chi connectivity index (χ3v) is 11.0. The highest BCUT2D eigenvalue weighted by atomic mass is 32.2. The predicted molar refractivity (Wildman–Crippen MR) is 206 cm³/mol. The van der Waals surface area contributed by atoms with Gasteiger partial charge in [-0.15, -0.1) is 0 Å². The number of benzene rings is 2. The molecule has 1 saturated heterocycles. The zero-order valence-electron chi connectivity index (χ0n) is 33.1. The van der Waals surface area contributed by atoms with E-state index in [1.807, 2.05) is 25.7 Å². The van der Waals surface area contributed by atoms with E-state index >= 15 is 0 Å². The van der Waals surface area contributed by atoms with E-state index in [4.69, 9.17) is 23.1 Å². The van der Waals surface area contributed by atoms with Crippen LogP contribution < -0.4 is 20.2 Å². The monoisotopic (exact) mass is 818 g/mol. The van der Waals surface area contributed by atoms with Crippen molar-refractivity contribution in [1.82, 2.24) is 15.3 Å². The molecule has 3 aromatic rings. The van der Waals surface area contributed by atoms with Crippen molar-refractivity contribution in [1.29, 1.82) is 0 Å². The van der Waals surface area contributed by atoms with Crippen LogP contribution in [0.25, 0.3) is 11.0 Å². The summed E-state index contributed by atoms with van der Waals surface area (Å²) in [6.45, 7) is 9.69. The molecule has 2 heterocycles. The van der Waals surface area contributed by atoms with Crippen molar-refractivity contribution in [3.63, 3.8) is 0 Å². The van der Waals surface area contributed by atoms with Gasteiger partial charge in [0.1, 0.15) is 12.7 Å². The van der Waals surface area contributed by atoms with Crippen LogP contribution in [0.4, 0.5) is 5.95 Å². The number of amides is 1. The number of hydrogen-bond donors (Lipinski definition) is 2. The Hall–Kier alpha value is -4.69. The average molecular weight is 819 g/mol. The van der Waals surface area contributed by atoms with Gasteiger partial charge in [0.2, 0.25) is 17.3 Å². The summed E-state index contributed by atoms with van der Waals surface area (Å²) in [6.07, 6.45) is 0.496. The van der Waals surface area contributed by atoms with Gasteiger partial charge in [0.05, 0.1) is 37.3 Å². The van der Waals surface area contributed by atoms with Gasteiger partial charge in [-0.25, -0.2) is 4.73 Å². The second kappa shape index (κ2) is 21.7. The molecule has 18 nitrogen and oxygen atoms in total. The normalized spacial score (nSPS) is 19.6. The van der Waals surface area contributed by atoms with E-state index in [1.54, 1.807) is 24.3 Å². The molecule has 57 heavy (non-hydrogen) atoms. The van der Waals surface area contributed by atoms with Gasteiger partial charge < -0.3 is 34.7 Å². The summed E-state index contributed by atoms with van der Waals surface area (Å²) in [7, 11) is -3.85. The first kappa shape index (κ1) is 45.0. The molecule has 1 aliphatic rings. The van der Waals surface area contributed by atoms with Crippen LogP contribution in [0.15, 0.2) is 53.4 Å². The molecule has 19 heteroatoms. The smallest absolute Gasteiger partial charge is 0.461 e. The Kier molecular flexibility index (Phi) is 17.2. The van der Waals surface area contributed by atoms with Gasteiger partial charge >= 0.3 is 17.9 Å². The number of rotatable bonds is 22. The summed E-state index contributed by atoms with van der Waals surface area (Å²) < 4.78 is 53.7. The second-order valence-electron chi connectivity index (χ2n) is 14.0. The molecule has 1 fully saturated rings. The number of carbonyl (C=O) groups is 3. The maximum absolute atomic E-state index is 13.1. The Balaban J connectivity index is 1.30. The van der Waals surface area contributed by atoms with Crippen LogP contribution in [0, 0.1) is 29.2 Å². The molecular weight excluding hydrogens is 765 g/mol. The van der Waals surface area contributed by atoms with Crippen LogP contribution in [-0.4, -0.2) is 107 Å². The molecule has 0 radical (unpaired) electrons. The van der Waals surface area contributed by atoms with Crippen molar-refractivity contribution in [2.75, 3.05) is 57.9 Å². The number of aryl methyl sites for hydroxylation is 1. The molecular formula is C38H54N6O12S. The number of nitrogens with one attached hydrogen (secondary N) is 2. The first-order valence-electron chi connectivity index (χ1n) is 19.0. The molecule has 0 aliphatic carbocycles. The maximum atomic E-state index is 13.1. The van der Waals surface area contributed by atoms with Gasteiger partial charge in [-0.2, -0.15) is 8.42 Å². The lowest BCUT2D eigenvalue weighted by atomic mass is 9.83. The molecule has 0 saturated carbocycles. The molecule has 1 amide bonds. The average Bonchev–Trinajstić information content (AvgIpc) is 3.16. The van der Waals surface area contributed by atoms with Crippen LogP contribution in [0.5, 0.6) is 0 Å². The van der Waals surface area contributed by atoms with Crippen molar-refractivity contribution in [3.8, 4) is 0 Å². The Labute approximate surface area is 333 Å². The van der Waals surface area contributed by atoms with E-state index in [9.17, 15) is 33.2 Å². The fourth-order valence-electron chi connectivity index (χ4n) is 6.29. The largest absolute Gasteiger partial charge is 0.739 e. The number of carbonyl (C=O) groups excluding carboxylic acids is 3. The Bertz CT molecular complexity index is 1900. The molecule has 0 bridgehead atoms. The Morgan fingerprint density at radius 3 is 2.30 bits per heavy atom. The van der Waals surface area contributed by atoms with Crippen molar-refractivity contribution in [3.05, 3.63) is 64.5 Å². The van der Waals surface area contributed by atoms with E-state index < -0.39 is 40.6 Å². The standard InChI is InChI=1S/C38H54N6O12S/c1-26-14-16-31(17-15-26)57(50,51)54-22-11-7-6-10-20-42(21-23-52-36-28(3)27(2)34(25-53-29(4)45)56-37(36)55-30(5)46)24-35(47)39-18-19-40-38-41-44(49)33-13-9-8-12-32(33)43(38)48/h8-9,12-17,27-28,34,36-37H,6-7,10-11,18-25H2,1-5H3,(H,39,47)(H,40,41)/t27-,28-,34?,36?,37?/m0/s1. The number of para-hydroxylation sites is 2. The van der Waals surface area contributed by atoms with E-state index in [0.717, 1.165) is 12.0 Å². The molecule has 5 atom stereocenters. The molecule has 3 unspecified atom stereocenters. The highest BCUT2D eigenvalue weighted by molar-refractivity contribution is 7.86. The van der Waals surface area contributed by atoms with E-state index in [0.29, 0.717) is 41.9 Å². The highest BCUT2D eigenvalue weighted by Crippen LogP contribution is 2.33. The van der Waals surface area contributed by atoms with Gasteiger partial charge in [0, 0.05) is 37.8 Å². The van der Waals surface area contributed by atoms with Gasteiger partial charge in [-0.3, -0.25) is 28.8 Å². The fourth-order valence-corrected chi connectivity index (χ4v) is 7.24. The number of anilines is 1. The summed E-state index contributed by atoms with van der Waals surface area (Å²) in [5.41, 5.74) is 1.22. The maximum Gasteiger partial charge on any atom is 0.461 e. The number of ether oxygens (including phenoxy) is 4. The van der Waals surface area contributed by atoms with Crippen LogP contribution in [0.1, 0.15) is 58.9 Å². The lowest BCUT2D eigenvalue weighted by molar-refractivity contribution is -0.672. The summed E-state index contributed by atoms with van der Waals surface area (Å²) in [5, 5.41) is 34.3. The lowest BCUT2D eigenvalue weighted by Crippen LogP contribution is -2.53. The minimum atomic E-state index is -3.85. The van der Waals surface area contributed by atoms with Crippen molar-refractivity contribution >= 4 is 44.9 Å². The van der Waals surface area contributed by atoms with Crippen LogP contribution in [-0.2, 0) is 47.6 Å². The zero-order valence-corrected chi connectivity index (χ0v) is 33.9. The fraction of sp³-hybridized carbons (Fsp3) is 0.579. The minimum Gasteiger partial charge on any atom is -0.739 e. The summed E-state index contributed by atoms with van der Waals surface area (Å²) in [4.78, 5) is 38.9. The first-order chi connectivity index (χ1) is 27.2. The molecule has 1 aliphatic heterocycles. The molecule has 2 N–H and O–H groups in total.